The third kappa shape index (κ3) is 4.06. The Morgan fingerprint density at radius 2 is 1.84 bits per heavy atom. The lowest BCUT2D eigenvalue weighted by atomic mass is 10.1. The summed E-state index contributed by atoms with van der Waals surface area (Å²) in [5.74, 6) is 0.992. The van der Waals surface area contributed by atoms with Crippen LogP contribution in [-0.4, -0.2) is 30.4 Å². The monoisotopic (exact) mass is 260 g/mol. The van der Waals surface area contributed by atoms with E-state index in [-0.39, 0.29) is 5.91 Å². The molecule has 3 nitrogen and oxygen atoms in total. The fraction of sp³-hybridized carbons (Fsp3) is 0.562. The largest absolute Gasteiger partial charge is 0.342 e. The van der Waals surface area contributed by atoms with Crippen molar-refractivity contribution in [1.82, 2.24) is 10.2 Å². The number of hydrogen-bond donors (Lipinski definition) is 1. The van der Waals surface area contributed by atoms with Crippen LogP contribution in [0.15, 0.2) is 24.3 Å². The first-order valence-corrected chi connectivity index (χ1v) is 7.32. The van der Waals surface area contributed by atoms with Gasteiger partial charge < -0.3 is 10.2 Å². The van der Waals surface area contributed by atoms with Crippen LogP contribution in [0, 0.1) is 0 Å². The Morgan fingerprint density at radius 3 is 2.37 bits per heavy atom. The van der Waals surface area contributed by atoms with E-state index in [2.05, 4.69) is 29.6 Å². The van der Waals surface area contributed by atoms with Crippen molar-refractivity contribution in [2.45, 2.75) is 39.2 Å². The molecule has 0 heterocycles. The molecule has 0 atom stereocenters. The first kappa shape index (κ1) is 14.1. The number of rotatable bonds is 7. The Morgan fingerprint density at radius 1 is 1.21 bits per heavy atom. The maximum Gasteiger partial charge on any atom is 0.236 e. The van der Waals surface area contributed by atoms with Gasteiger partial charge in [-0.2, -0.15) is 0 Å². The highest BCUT2D eigenvalue weighted by Crippen LogP contribution is 2.39. The molecule has 1 saturated carbocycles. The Labute approximate surface area is 116 Å². The number of carbonyl (C=O) groups is 1. The van der Waals surface area contributed by atoms with E-state index in [1.54, 1.807) is 0 Å². The summed E-state index contributed by atoms with van der Waals surface area (Å²) in [6.07, 6.45) is 2.69. The van der Waals surface area contributed by atoms with Gasteiger partial charge in [-0.05, 0) is 43.7 Å². The summed E-state index contributed by atoms with van der Waals surface area (Å²) in [6, 6.07) is 8.78. The van der Waals surface area contributed by atoms with Crippen LogP contribution >= 0.6 is 0 Å². The molecule has 0 unspecified atom stereocenters. The second-order valence-electron chi connectivity index (χ2n) is 5.19. The molecule has 1 N–H and O–H groups in total. The summed E-state index contributed by atoms with van der Waals surface area (Å²) in [5, 5.41) is 3.22. The second kappa shape index (κ2) is 6.71. The summed E-state index contributed by atoms with van der Waals surface area (Å²) < 4.78 is 0. The van der Waals surface area contributed by atoms with Gasteiger partial charge in [0, 0.05) is 19.6 Å². The quantitative estimate of drug-likeness (QED) is 0.817. The fourth-order valence-electron chi connectivity index (χ4n) is 2.33. The smallest absolute Gasteiger partial charge is 0.236 e. The average Bonchev–Trinajstić information content (AvgIpc) is 3.25. The predicted molar refractivity (Wildman–Crippen MR) is 78.1 cm³/mol. The van der Waals surface area contributed by atoms with Crippen LogP contribution in [0.1, 0.15) is 43.7 Å². The zero-order valence-corrected chi connectivity index (χ0v) is 12.0. The molecule has 1 amide bonds. The van der Waals surface area contributed by atoms with Gasteiger partial charge in [-0.3, -0.25) is 4.79 Å². The van der Waals surface area contributed by atoms with Crippen molar-refractivity contribution in [3.05, 3.63) is 35.4 Å². The first-order valence-electron chi connectivity index (χ1n) is 7.32. The molecule has 1 aromatic rings. The van der Waals surface area contributed by atoms with Gasteiger partial charge in [0.2, 0.25) is 5.91 Å². The Kier molecular flexibility index (Phi) is 4.97. The third-order valence-electron chi connectivity index (χ3n) is 3.75. The Bertz CT molecular complexity index is 405. The summed E-state index contributed by atoms with van der Waals surface area (Å²) >= 11 is 0. The molecule has 1 aromatic carbocycles. The summed E-state index contributed by atoms with van der Waals surface area (Å²) in [5.41, 5.74) is 2.71. The molecule has 1 fully saturated rings. The number of nitrogens with one attached hydrogen (secondary N) is 1. The lowest BCUT2D eigenvalue weighted by Crippen LogP contribution is -2.37. The highest BCUT2D eigenvalue weighted by Gasteiger charge is 2.22. The molecule has 0 aromatic heterocycles. The molecular formula is C16H24N2O. The van der Waals surface area contributed by atoms with Crippen LogP contribution in [0.25, 0.3) is 0 Å². The minimum atomic E-state index is 0.180. The minimum absolute atomic E-state index is 0.180. The van der Waals surface area contributed by atoms with Crippen molar-refractivity contribution in [3.63, 3.8) is 0 Å². The summed E-state index contributed by atoms with van der Waals surface area (Å²) in [4.78, 5) is 13.7. The highest BCUT2D eigenvalue weighted by atomic mass is 16.2. The van der Waals surface area contributed by atoms with E-state index in [0.717, 1.165) is 25.6 Å². The van der Waals surface area contributed by atoms with Crippen molar-refractivity contribution in [3.8, 4) is 0 Å². The topological polar surface area (TPSA) is 32.3 Å². The number of nitrogens with zero attached hydrogens (tertiary/aromatic N) is 1. The van der Waals surface area contributed by atoms with Gasteiger partial charge in [0.05, 0.1) is 6.54 Å². The van der Waals surface area contributed by atoms with Gasteiger partial charge in [0.25, 0.3) is 0 Å². The molecule has 2 rings (SSSR count). The molecular weight excluding hydrogens is 236 g/mol. The lowest BCUT2D eigenvalue weighted by Gasteiger charge is -2.18. The number of benzene rings is 1. The molecule has 0 bridgehead atoms. The van der Waals surface area contributed by atoms with Crippen LogP contribution in [-0.2, 0) is 11.3 Å². The third-order valence-corrected chi connectivity index (χ3v) is 3.75. The van der Waals surface area contributed by atoms with E-state index in [1.165, 1.54) is 24.0 Å². The van der Waals surface area contributed by atoms with Gasteiger partial charge in [0.15, 0.2) is 0 Å². The molecule has 0 saturated heterocycles. The predicted octanol–water partition coefficient (Wildman–Crippen LogP) is 2.52. The van der Waals surface area contributed by atoms with Crippen molar-refractivity contribution >= 4 is 5.91 Å². The normalized spacial score (nSPS) is 14.4. The summed E-state index contributed by atoms with van der Waals surface area (Å²) in [6.45, 7) is 6.78. The molecule has 0 aliphatic heterocycles. The van der Waals surface area contributed by atoms with Crippen LogP contribution in [0.2, 0.25) is 0 Å². The van der Waals surface area contributed by atoms with Crippen LogP contribution in [0.5, 0.6) is 0 Å². The van der Waals surface area contributed by atoms with E-state index in [4.69, 9.17) is 0 Å². The molecule has 3 heteroatoms. The van der Waals surface area contributed by atoms with E-state index in [9.17, 15) is 4.79 Å². The maximum atomic E-state index is 11.8. The number of likely N-dealkylation sites (N-methyl/N-ethyl adjacent to an activating group) is 1. The zero-order valence-electron chi connectivity index (χ0n) is 12.0. The zero-order chi connectivity index (χ0) is 13.7. The first-order chi connectivity index (χ1) is 9.24. The lowest BCUT2D eigenvalue weighted by molar-refractivity contribution is -0.129. The van der Waals surface area contributed by atoms with Crippen molar-refractivity contribution in [1.29, 1.82) is 0 Å². The van der Waals surface area contributed by atoms with E-state index >= 15 is 0 Å². The average molecular weight is 260 g/mol. The van der Waals surface area contributed by atoms with E-state index < -0.39 is 0 Å². The molecule has 1 aliphatic carbocycles. The van der Waals surface area contributed by atoms with Gasteiger partial charge in [-0.1, -0.05) is 24.3 Å². The van der Waals surface area contributed by atoms with Crippen molar-refractivity contribution in [2.75, 3.05) is 19.6 Å². The Hall–Kier alpha value is -1.35. The van der Waals surface area contributed by atoms with Crippen LogP contribution < -0.4 is 5.32 Å². The molecule has 19 heavy (non-hydrogen) atoms. The van der Waals surface area contributed by atoms with Crippen molar-refractivity contribution < 1.29 is 4.79 Å². The SMILES string of the molecule is CCN(CC)C(=O)CNCc1ccc(C2CC2)cc1. The highest BCUT2D eigenvalue weighted by molar-refractivity contribution is 5.78. The minimum Gasteiger partial charge on any atom is -0.342 e. The van der Waals surface area contributed by atoms with E-state index in [1.807, 2.05) is 18.7 Å². The van der Waals surface area contributed by atoms with Crippen molar-refractivity contribution in [2.24, 2.45) is 0 Å². The fourth-order valence-corrected chi connectivity index (χ4v) is 2.33. The maximum absolute atomic E-state index is 11.8. The number of carbonyl (C=O) groups excluding carboxylic acids is 1. The molecule has 104 valence electrons. The Balaban J connectivity index is 1.74. The van der Waals surface area contributed by atoms with Gasteiger partial charge in [0.1, 0.15) is 0 Å². The summed E-state index contributed by atoms with van der Waals surface area (Å²) in [7, 11) is 0. The van der Waals surface area contributed by atoms with Crippen LogP contribution in [0.3, 0.4) is 0 Å². The second-order valence-corrected chi connectivity index (χ2v) is 5.19. The van der Waals surface area contributed by atoms with Crippen LogP contribution in [0.4, 0.5) is 0 Å². The molecule has 0 radical (unpaired) electrons. The van der Waals surface area contributed by atoms with Gasteiger partial charge in [-0.25, -0.2) is 0 Å². The van der Waals surface area contributed by atoms with Gasteiger partial charge in [-0.15, -0.1) is 0 Å². The number of hydrogen-bond acceptors (Lipinski definition) is 2. The molecule has 0 spiro atoms. The van der Waals surface area contributed by atoms with E-state index in [0.29, 0.717) is 6.54 Å². The van der Waals surface area contributed by atoms with Gasteiger partial charge >= 0.3 is 0 Å². The number of amides is 1. The molecule has 1 aliphatic rings. The standard InChI is InChI=1S/C16H24N2O/c1-3-18(4-2)16(19)12-17-11-13-5-7-14(8-6-13)15-9-10-15/h5-8,15,17H,3-4,9-12H2,1-2H3.